The molecule has 4 aromatic rings. The Bertz CT molecular complexity index is 1110. The van der Waals surface area contributed by atoms with Crippen molar-refractivity contribution in [3.8, 4) is 11.4 Å². The highest BCUT2D eigenvalue weighted by Crippen LogP contribution is 2.28. The van der Waals surface area contributed by atoms with E-state index in [4.69, 9.17) is 9.72 Å². The number of aromatic nitrogens is 2. The number of nitrogens with one attached hydrogen (secondary N) is 1. The number of ether oxygens (including phenoxy) is 1. The van der Waals surface area contributed by atoms with Crippen molar-refractivity contribution in [3.05, 3.63) is 84.4 Å². The van der Waals surface area contributed by atoms with Gasteiger partial charge in [-0.25, -0.2) is 14.8 Å². The molecule has 0 aliphatic heterocycles. The maximum Gasteiger partial charge on any atom is 0.339 e. The monoisotopic (exact) mass is 355 g/mol. The number of methoxy groups -OCH3 is 1. The number of hydrogen-bond donors (Lipinski definition) is 1. The van der Waals surface area contributed by atoms with Crippen LogP contribution in [-0.4, -0.2) is 23.0 Å². The molecule has 132 valence electrons. The molecule has 0 radical (unpaired) electrons. The SMILES string of the molecule is COC(=O)c1ccccc1Nc1nc(-c2ccccc2)nc2ccccc12. The maximum absolute atomic E-state index is 12.1. The van der Waals surface area contributed by atoms with Crippen molar-refractivity contribution >= 4 is 28.4 Å². The summed E-state index contributed by atoms with van der Waals surface area (Å²) in [4.78, 5) is 21.5. The lowest BCUT2D eigenvalue weighted by molar-refractivity contribution is 0.0602. The van der Waals surface area contributed by atoms with Crippen LogP contribution in [0.15, 0.2) is 78.9 Å². The van der Waals surface area contributed by atoms with Gasteiger partial charge in [-0.15, -0.1) is 0 Å². The van der Waals surface area contributed by atoms with E-state index < -0.39 is 5.97 Å². The molecule has 3 aromatic carbocycles. The summed E-state index contributed by atoms with van der Waals surface area (Å²) in [5, 5.41) is 4.16. The zero-order valence-electron chi connectivity index (χ0n) is 14.7. The van der Waals surface area contributed by atoms with Crippen molar-refractivity contribution in [1.29, 1.82) is 0 Å². The molecule has 0 spiro atoms. The Balaban J connectivity index is 1.86. The van der Waals surface area contributed by atoms with Gasteiger partial charge in [-0.2, -0.15) is 0 Å². The van der Waals surface area contributed by atoms with Gasteiger partial charge in [0.15, 0.2) is 5.82 Å². The van der Waals surface area contributed by atoms with Crippen LogP contribution in [0.5, 0.6) is 0 Å². The van der Waals surface area contributed by atoms with Gasteiger partial charge in [0.05, 0.1) is 23.9 Å². The Morgan fingerprint density at radius 2 is 1.56 bits per heavy atom. The van der Waals surface area contributed by atoms with Crippen molar-refractivity contribution in [1.82, 2.24) is 9.97 Å². The van der Waals surface area contributed by atoms with Crippen molar-refractivity contribution < 1.29 is 9.53 Å². The van der Waals surface area contributed by atoms with Crippen LogP contribution < -0.4 is 5.32 Å². The molecule has 1 aromatic heterocycles. The summed E-state index contributed by atoms with van der Waals surface area (Å²) in [6.07, 6.45) is 0. The summed E-state index contributed by atoms with van der Waals surface area (Å²) in [7, 11) is 1.37. The number of hydrogen-bond acceptors (Lipinski definition) is 5. The zero-order valence-corrected chi connectivity index (χ0v) is 14.7. The molecular weight excluding hydrogens is 338 g/mol. The van der Waals surface area contributed by atoms with Crippen LogP contribution >= 0.6 is 0 Å². The summed E-state index contributed by atoms with van der Waals surface area (Å²) in [6.45, 7) is 0. The average molecular weight is 355 g/mol. The molecule has 1 N–H and O–H groups in total. The first kappa shape index (κ1) is 16.7. The normalized spacial score (nSPS) is 10.6. The minimum atomic E-state index is -0.403. The molecule has 0 aliphatic rings. The third-order valence-corrected chi connectivity index (χ3v) is 4.22. The fourth-order valence-corrected chi connectivity index (χ4v) is 2.90. The van der Waals surface area contributed by atoms with Gasteiger partial charge >= 0.3 is 5.97 Å². The van der Waals surface area contributed by atoms with E-state index in [9.17, 15) is 4.79 Å². The number of fused-ring (bicyclic) bond motifs is 1. The van der Waals surface area contributed by atoms with E-state index in [0.29, 0.717) is 22.9 Å². The van der Waals surface area contributed by atoms with Crippen molar-refractivity contribution in [3.63, 3.8) is 0 Å². The Morgan fingerprint density at radius 3 is 2.37 bits per heavy atom. The number of benzene rings is 3. The average Bonchev–Trinajstić information content (AvgIpc) is 2.74. The Hall–Kier alpha value is -3.73. The maximum atomic E-state index is 12.1. The lowest BCUT2D eigenvalue weighted by Crippen LogP contribution is -2.07. The van der Waals surface area contributed by atoms with Gasteiger partial charge in [-0.3, -0.25) is 0 Å². The predicted octanol–water partition coefficient (Wildman–Crippen LogP) is 4.83. The van der Waals surface area contributed by atoms with Crippen molar-refractivity contribution in [2.75, 3.05) is 12.4 Å². The minimum absolute atomic E-state index is 0.403. The highest BCUT2D eigenvalue weighted by Gasteiger charge is 2.14. The first-order valence-electron chi connectivity index (χ1n) is 8.53. The van der Waals surface area contributed by atoms with Gasteiger partial charge in [0, 0.05) is 10.9 Å². The molecule has 0 aliphatic carbocycles. The van der Waals surface area contributed by atoms with E-state index in [0.717, 1.165) is 16.5 Å². The fraction of sp³-hybridized carbons (Fsp3) is 0.0455. The molecule has 5 nitrogen and oxygen atoms in total. The fourth-order valence-electron chi connectivity index (χ4n) is 2.90. The highest BCUT2D eigenvalue weighted by molar-refractivity contribution is 5.99. The second kappa shape index (κ2) is 7.25. The Kier molecular flexibility index (Phi) is 4.49. The molecule has 0 saturated carbocycles. The molecule has 4 rings (SSSR count). The van der Waals surface area contributed by atoms with Crippen LogP contribution in [0.25, 0.3) is 22.3 Å². The van der Waals surface area contributed by atoms with E-state index in [2.05, 4.69) is 10.3 Å². The number of rotatable bonds is 4. The first-order chi connectivity index (χ1) is 13.3. The lowest BCUT2D eigenvalue weighted by atomic mass is 10.1. The number of esters is 1. The van der Waals surface area contributed by atoms with Crippen LogP contribution in [0.1, 0.15) is 10.4 Å². The molecule has 0 unspecified atom stereocenters. The topological polar surface area (TPSA) is 64.1 Å². The molecule has 0 atom stereocenters. The third kappa shape index (κ3) is 3.35. The van der Waals surface area contributed by atoms with Crippen LogP contribution in [0.2, 0.25) is 0 Å². The molecule has 0 amide bonds. The highest BCUT2D eigenvalue weighted by atomic mass is 16.5. The van der Waals surface area contributed by atoms with Crippen LogP contribution in [0.3, 0.4) is 0 Å². The first-order valence-corrected chi connectivity index (χ1v) is 8.53. The van der Waals surface area contributed by atoms with Crippen molar-refractivity contribution in [2.24, 2.45) is 0 Å². The Morgan fingerprint density at radius 1 is 0.852 bits per heavy atom. The van der Waals surface area contributed by atoms with Gasteiger partial charge in [0.25, 0.3) is 0 Å². The number of carbonyl (C=O) groups is 1. The molecule has 0 saturated heterocycles. The lowest BCUT2D eigenvalue weighted by Gasteiger charge is -2.13. The van der Waals surface area contributed by atoms with Gasteiger partial charge in [-0.1, -0.05) is 54.6 Å². The number of carbonyl (C=O) groups excluding carboxylic acids is 1. The van der Waals surface area contributed by atoms with E-state index in [1.54, 1.807) is 12.1 Å². The second-order valence-electron chi connectivity index (χ2n) is 5.94. The van der Waals surface area contributed by atoms with Gasteiger partial charge in [-0.05, 0) is 24.3 Å². The predicted molar refractivity (Wildman–Crippen MR) is 106 cm³/mol. The third-order valence-electron chi connectivity index (χ3n) is 4.22. The summed E-state index contributed by atoms with van der Waals surface area (Å²) < 4.78 is 4.88. The van der Waals surface area contributed by atoms with E-state index in [1.807, 2.05) is 66.7 Å². The molecular formula is C22H17N3O2. The Labute approximate surface area is 156 Å². The summed E-state index contributed by atoms with van der Waals surface area (Å²) in [6, 6.07) is 24.8. The minimum Gasteiger partial charge on any atom is -0.465 e. The van der Waals surface area contributed by atoms with Crippen LogP contribution in [0.4, 0.5) is 11.5 Å². The molecule has 1 heterocycles. The largest absolute Gasteiger partial charge is 0.465 e. The summed E-state index contributed by atoms with van der Waals surface area (Å²) >= 11 is 0. The molecule has 5 heteroatoms. The van der Waals surface area contributed by atoms with Gasteiger partial charge < -0.3 is 10.1 Å². The number of anilines is 2. The van der Waals surface area contributed by atoms with Crippen LogP contribution in [-0.2, 0) is 4.74 Å². The zero-order chi connectivity index (χ0) is 18.6. The summed E-state index contributed by atoms with van der Waals surface area (Å²) in [5.74, 6) is 0.850. The number of para-hydroxylation sites is 2. The second-order valence-corrected chi connectivity index (χ2v) is 5.94. The van der Waals surface area contributed by atoms with E-state index in [-0.39, 0.29) is 0 Å². The number of nitrogens with zero attached hydrogens (tertiary/aromatic N) is 2. The molecule has 0 fully saturated rings. The quantitative estimate of drug-likeness (QED) is 0.531. The standard InChI is InChI=1S/C22H17N3O2/c1-27-22(26)17-12-6-8-14-19(17)24-21-16-11-5-7-13-18(16)23-20(25-21)15-9-3-2-4-10-15/h2-14H,1H3,(H,23,24,25). The molecule has 27 heavy (non-hydrogen) atoms. The molecule has 0 bridgehead atoms. The summed E-state index contributed by atoms with van der Waals surface area (Å²) in [5.41, 5.74) is 2.83. The van der Waals surface area contributed by atoms with Crippen molar-refractivity contribution in [2.45, 2.75) is 0 Å². The van der Waals surface area contributed by atoms with Gasteiger partial charge in [0.1, 0.15) is 5.82 Å². The van der Waals surface area contributed by atoms with Gasteiger partial charge in [0.2, 0.25) is 0 Å². The van der Waals surface area contributed by atoms with E-state index in [1.165, 1.54) is 7.11 Å². The smallest absolute Gasteiger partial charge is 0.339 e. The van der Waals surface area contributed by atoms with Crippen LogP contribution in [0, 0.1) is 0 Å². The van der Waals surface area contributed by atoms with E-state index >= 15 is 0 Å².